The van der Waals surface area contributed by atoms with E-state index in [-0.39, 0.29) is 11.8 Å². The molecule has 0 aliphatic carbocycles. The Morgan fingerprint density at radius 3 is 2.64 bits per heavy atom. The number of benzene rings is 1. The van der Waals surface area contributed by atoms with Crippen LogP contribution < -0.4 is 5.73 Å². The molecule has 0 aromatic heterocycles. The number of rotatable bonds is 1. The van der Waals surface area contributed by atoms with Crippen molar-refractivity contribution in [2.45, 2.75) is 13.0 Å². The molecule has 0 heterocycles. The van der Waals surface area contributed by atoms with Crippen LogP contribution >= 0.6 is 11.6 Å². The van der Waals surface area contributed by atoms with Crippen LogP contribution in [0.25, 0.3) is 0 Å². The van der Waals surface area contributed by atoms with Crippen LogP contribution in [0, 0.1) is 0 Å². The topological polar surface area (TPSA) is 46.2 Å². The fourth-order valence-electron chi connectivity index (χ4n) is 0.813. The third-order valence-electron chi connectivity index (χ3n) is 1.50. The first-order valence-corrected chi connectivity index (χ1v) is 3.73. The highest BCUT2D eigenvalue weighted by atomic mass is 35.5. The number of phenols is 1. The van der Waals surface area contributed by atoms with Crippen molar-refractivity contribution in [3.63, 3.8) is 0 Å². The first kappa shape index (κ1) is 8.37. The summed E-state index contributed by atoms with van der Waals surface area (Å²) in [6.07, 6.45) is 0. The van der Waals surface area contributed by atoms with Crippen LogP contribution in [-0.4, -0.2) is 5.11 Å². The first-order chi connectivity index (χ1) is 5.11. The molecule has 0 aliphatic rings. The lowest BCUT2D eigenvalue weighted by Crippen LogP contribution is -2.04. The molecule has 11 heavy (non-hydrogen) atoms. The molecular weight excluding hydrogens is 162 g/mol. The van der Waals surface area contributed by atoms with Crippen molar-refractivity contribution in [2.24, 2.45) is 5.73 Å². The van der Waals surface area contributed by atoms with Crippen LogP contribution in [0.1, 0.15) is 18.5 Å². The Morgan fingerprint density at radius 1 is 1.55 bits per heavy atom. The number of phenolic OH excluding ortho intramolecular Hbond substituents is 1. The molecule has 60 valence electrons. The zero-order chi connectivity index (χ0) is 8.43. The summed E-state index contributed by atoms with van der Waals surface area (Å²) in [5, 5.41) is 9.52. The molecule has 0 spiro atoms. The zero-order valence-corrected chi connectivity index (χ0v) is 6.97. The third-order valence-corrected chi connectivity index (χ3v) is 1.82. The fraction of sp³-hybridized carbons (Fsp3) is 0.250. The zero-order valence-electron chi connectivity index (χ0n) is 6.21. The minimum atomic E-state index is -0.0711. The van der Waals surface area contributed by atoms with Gasteiger partial charge < -0.3 is 10.8 Å². The lowest BCUT2D eigenvalue weighted by atomic mass is 10.1. The maximum atomic E-state index is 9.16. The molecule has 0 aliphatic heterocycles. The number of halogens is 1. The van der Waals surface area contributed by atoms with Crippen molar-refractivity contribution in [1.82, 2.24) is 0 Å². The SMILES string of the molecule is C[C@H](N)c1ccc(Cl)c(O)c1. The number of hydrogen-bond acceptors (Lipinski definition) is 2. The van der Waals surface area contributed by atoms with E-state index >= 15 is 0 Å². The molecular formula is C8H10ClNO. The van der Waals surface area contributed by atoms with Gasteiger partial charge in [0.15, 0.2) is 0 Å². The Kier molecular flexibility index (Phi) is 2.37. The first-order valence-electron chi connectivity index (χ1n) is 3.35. The van der Waals surface area contributed by atoms with Gasteiger partial charge in [0.05, 0.1) is 5.02 Å². The van der Waals surface area contributed by atoms with E-state index in [1.54, 1.807) is 18.2 Å². The van der Waals surface area contributed by atoms with Gasteiger partial charge in [0.2, 0.25) is 0 Å². The van der Waals surface area contributed by atoms with E-state index in [1.165, 1.54) is 0 Å². The number of hydrogen-bond donors (Lipinski definition) is 2. The maximum absolute atomic E-state index is 9.16. The Bertz CT molecular complexity index is 260. The molecule has 1 aromatic carbocycles. The Balaban J connectivity index is 3.05. The van der Waals surface area contributed by atoms with Gasteiger partial charge in [0.1, 0.15) is 5.75 Å². The summed E-state index contributed by atoms with van der Waals surface area (Å²) in [7, 11) is 0. The molecule has 3 heteroatoms. The van der Waals surface area contributed by atoms with Gasteiger partial charge in [-0.1, -0.05) is 17.7 Å². The molecule has 0 amide bonds. The van der Waals surface area contributed by atoms with Gasteiger partial charge >= 0.3 is 0 Å². The Hall–Kier alpha value is -0.730. The molecule has 0 radical (unpaired) electrons. The lowest BCUT2D eigenvalue weighted by Gasteiger charge is -2.05. The molecule has 1 atom stereocenters. The molecule has 2 nitrogen and oxygen atoms in total. The number of aromatic hydroxyl groups is 1. The lowest BCUT2D eigenvalue weighted by molar-refractivity contribution is 0.474. The van der Waals surface area contributed by atoms with Gasteiger partial charge in [-0.3, -0.25) is 0 Å². The largest absolute Gasteiger partial charge is 0.506 e. The van der Waals surface area contributed by atoms with Crippen LogP contribution in [-0.2, 0) is 0 Å². The number of nitrogens with two attached hydrogens (primary N) is 1. The van der Waals surface area contributed by atoms with Gasteiger partial charge in [0, 0.05) is 6.04 Å². The van der Waals surface area contributed by atoms with E-state index in [2.05, 4.69) is 0 Å². The predicted molar refractivity (Wildman–Crippen MR) is 45.7 cm³/mol. The quantitative estimate of drug-likeness (QED) is 0.680. The minimum Gasteiger partial charge on any atom is -0.506 e. The summed E-state index contributed by atoms with van der Waals surface area (Å²) in [6, 6.07) is 4.94. The molecule has 0 bridgehead atoms. The van der Waals surface area contributed by atoms with Crippen molar-refractivity contribution in [1.29, 1.82) is 0 Å². The molecule has 0 saturated carbocycles. The van der Waals surface area contributed by atoms with Crippen molar-refractivity contribution < 1.29 is 5.11 Å². The van der Waals surface area contributed by atoms with Gasteiger partial charge in [-0.15, -0.1) is 0 Å². The summed E-state index contributed by atoms with van der Waals surface area (Å²) < 4.78 is 0. The second kappa shape index (κ2) is 3.11. The summed E-state index contributed by atoms with van der Waals surface area (Å²) >= 11 is 5.59. The standard InChI is InChI=1S/C8H10ClNO/c1-5(10)6-2-3-7(9)8(11)4-6/h2-5,11H,10H2,1H3/t5-/m0/s1. The van der Waals surface area contributed by atoms with E-state index in [0.717, 1.165) is 5.56 Å². The van der Waals surface area contributed by atoms with Crippen LogP contribution in [0.15, 0.2) is 18.2 Å². The van der Waals surface area contributed by atoms with E-state index < -0.39 is 0 Å². The van der Waals surface area contributed by atoms with E-state index in [9.17, 15) is 0 Å². The normalized spacial score (nSPS) is 13.0. The summed E-state index contributed by atoms with van der Waals surface area (Å²) in [5.41, 5.74) is 6.46. The third kappa shape index (κ3) is 1.85. The van der Waals surface area contributed by atoms with E-state index in [1.807, 2.05) is 6.92 Å². The second-order valence-electron chi connectivity index (χ2n) is 2.50. The highest BCUT2D eigenvalue weighted by Crippen LogP contribution is 2.25. The monoisotopic (exact) mass is 171 g/mol. The summed E-state index contributed by atoms with van der Waals surface area (Å²) in [6.45, 7) is 1.85. The average molecular weight is 172 g/mol. The molecule has 0 fully saturated rings. The van der Waals surface area contributed by atoms with Crippen LogP contribution in [0.4, 0.5) is 0 Å². The maximum Gasteiger partial charge on any atom is 0.134 e. The Labute approximate surface area is 70.6 Å². The Morgan fingerprint density at radius 2 is 2.18 bits per heavy atom. The summed E-state index contributed by atoms with van der Waals surface area (Å²) in [4.78, 5) is 0. The van der Waals surface area contributed by atoms with Crippen molar-refractivity contribution in [2.75, 3.05) is 0 Å². The van der Waals surface area contributed by atoms with Crippen molar-refractivity contribution >= 4 is 11.6 Å². The molecule has 1 aromatic rings. The smallest absolute Gasteiger partial charge is 0.134 e. The van der Waals surface area contributed by atoms with Crippen molar-refractivity contribution in [3.05, 3.63) is 28.8 Å². The predicted octanol–water partition coefficient (Wildman–Crippen LogP) is 2.07. The van der Waals surface area contributed by atoms with Crippen LogP contribution in [0.3, 0.4) is 0 Å². The highest BCUT2D eigenvalue weighted by Gasteiger charge is 2.02. The molecule has 1 rings (SSSR count). The van der Waals surface area contributed by atoms with E-state index in [4.69, 9.17) is 22.4 Å². The molecule has 0 unspecified atom stereocenters. The molecule has 0 saturated heterocycles. The fourth-order valence-corrected chi connectivity index (χ4v) is 0.930. The molecule has 3 N–H and O–H groups in total. The van der Waals surface area contributed by atoms with Gasteiger partial charge in [0.25, 0.3) is 0 Å². The van der Waals surface area contributed by atoms with Gasteiger partial charge in [-0.2, -0.15) is 0 Å². The van der Waals surface area contributed by atoms with Crippen LogP contribution in [0.2, 0.25) is 5.02 Å². The van der Waals surface area contributed by atoms with Crippen molar-refractivity contribution in [3.8, 4) is 5.75 Å². The van der Waals surface area contributed by atoms with Gasteiger partial charge in [-0.25, -0.2) is 0 Å². The second-order valence-corrected chi connectivity index (χ2v) is 2.91. The highest BCUT2D eigenvalue weighted by molar-refractivity contribution is 6.31. The average Bonchev–Trinajstić information content (AvgIpc) is 1.94. The van der Waals surface area contributed by atoms with E-state index in [0.29, 0.717) is 5.02 Å². The minimum absolute atomic E-state index is 0.0711. The van der Waals surface area contributed by atoms with Gasteiger partial charge in [-0.05, 0) is 24.6 Å². The van der Waals surface area contributed by atoms with Crippen LogP contribution in [0.5, 0.6) is 5.75 Å². The summed E-state index contributed by atoms with van der Waals surface area (Å²) in [5.74, 6) is 0.0847.